The van der Waals surface area contributed by atoms with Crippen molar-refractivity contribution in [3.8, 4) is 0 Å². The first kappa shape index (κ1) is 16.0. The summed E-state index contributed by atoms with van der Waals surface area (Å²) in [5.74, 6) is 0.378. The van der Waals surface area contributed by atoms with Gasteiger partial charge in [0.25, 0.3) is 5.91 Å². The molecule has 0 radical (unpaired) electrons. The van der Waals surface area contributed by atoms with Crippen molar-refractivity contribution in [3.05, 3.63) is 22.8 Å². The van der Waals surface area contributed by atoms with Crippen LogP contribution in [0.2, 0.25) is 5.15 Å². The van der Waals surface area contributed by atoms with Gasteiger partial charge < -0.3 is 10.6 Å². The van der Waals surface area contributed by atoms with Crippen molar-refractivity contribution in [2.24, 2.45) is 0 Å². The molecule has 1 aromatic rings. The summed E-state index contributed by atoms with van der Waals surface area (Å²) < 4.78 is 23.4. The van der Waals surface area contributed by atoms with Gasteiger partial charge in [-0.25, -0.2) is 13.4 Å². The second kappa shape index (κ2) is 6.62. The standard InChI is InChI=1S/C13H18ClN3O3S/c1-2-15-12-7-9(6-11(14)17-12)13(18)16-8-10-4-3-5-21(10,19)20/h6-7,10H,2-5,8H2,1H3,(H,15,17)(H,16,18). The van der Waals surface area contributed by atoms with Crippen molar-refractivity contribution in [3.63, 3.8) is 0 Å². The quantitative estimate of drug-likeness (QED) is 0.798. The van der Waals surface area contributed by atoms with Crippen LogP contribution in [0, 0.1) is 0 Å². The van der Waals surface area contributed by atoms with Gasteiger partial charge in [0.1, 0.15) is 11.0 Å². The van der Waals surface area contributed by atoms with E-state index in [9.17, 15) is 13.2 Å². The van der Waals surface area contributed by atoms with E-state index in [1.165, 1.54) is 6.07 Å². The van der Waals surface area contributed by atoms with Gasteiger partial charge in [-0.3, -0.25) is 4.79 Å². The molecule has 1 aliphatic rings. The van der Waals surface area contributed by atoms with Gasteiger partial charge in [-0.2, -0.15) is 0 Å². The smallest absolute Gasteiger partial charge is 0.251 e. The Labute approximate surface area is 129 Å². The number of carbonyl (C=O) groups excluding carboxylic acids is 1. The van der Waals surface area contributed by atoms with Crippen molar-refractivity contribution >= 4 is 33.2 Å². The van der Waals surface area contributed by atoms with Crippen molar-refractivity contribution in [1.29, 1.82) is 0 Å². The summed E-state index contributed by atoms with van der Waals surface area (Å²) >= 11 is 5.88. The summed E-state index contributed by atoms with van der Waals surface area (Å²) in [6, 6.07) is 3.05. The van der Waals surface area contributed by atoms with E-state index in [0.29, 0.717) is 30.8 Å². The maximum atomic E-state index is 12.1. The number of pyridine rings is 1. The molecular weight excluding hydrogens is 314 g/mol. The van der Waals surface area contributed by atoms with E-state index in [-0.39, 0.29) is 23.4 Å². The van der Waals surface area contributed by atoms with Gasteiger partial charge in [-0.15, -0.1) is 0 Å². The molecule has 2 rings (SSSR count). The number of sulfone groups is 1. The minimum Gasteiger partial charge on any atom is -0.370 e. The fraction of sp³-hybridized carbons (Fsp3) is 0.538. The van der Waals surface area contributed by atoms with E-state index in [1.54, 1.807) is 6.07 Å². The van der Waals surface area contributed by atoms with Crippen molar-refractivity contribution < 1.29 is 13.2 Å². The lowest BCUT2D eigenvalue weighted by molar-refractivity contribution is 0.0953. The molecule has 0 aliphatic carbocycles. The highest BCUT2D eigenvalue weighted by Gasteiger charge is 2.31. The molecule has 0 aromatic carbocycles. The second-order valence-electron chi connectivity index (χ2n) is 4.94. The lowest BCUT2D eigenvalue weighted by Gasteiger charge is -2.11. The van der Waals surface area contributed by atoms with Crippen LogP contribution in [0.3, 0.4) is 0 Å². The number of hydrogen-bond acceptors (Lipinski definition) is 5. The average molecular weight is 332 g/mol. The summed E-state index contributed by atoms with van der Waals surface area (Å²) in [5, 5.41) is 5.38. The third-order valence-electron chi connectivity index (χ3n) is 3.37. The number of rotatable bonds is 5. The summed E-state index contributed by atoms with van der Waals surface area (Å²) in [6.07, 6.45) is 1.26. The monoisotopic (exact) mass is 331 g/mol. The number of amides is 1. The van der Waals surface area contributed by atoms with Crippen LogP contribution in [0.5, 0.6) is 0 Å². The fourth-order valence-corrected chi connectivity index (χ4v) is 4.27. The summed E-state index contributed by atoms with van der Waals surface area (Å²) in [7, 11) is -3.06. The van der Waals surface area contributed by atoms with Crippen LogP contribution in [0.4, 0.5) is 5.82 Å². The molecule has 0 spiro atoms. The molecule has 2 heterocycles. The first-order valence-corrected chi connectivity index (χ1v) is 8.93. The maximum absolute atomic E-state index is 12.1. The van der Waals surface area contributed by atoms with Crippen LogP contribution in [-0.2, 0) is 9.84 Å². The number of aromatic nitrogens is 1. The van der Waals surface area contributed by atoms with Crippen molar-refractivity contribution in [2.45, 2.75) is 25.0 Å². The van der Waals surface area contributed by atoms with Gasteiger partial charge in [-0.1, -0.05) is 11.6 Å². The van der Waals surface area contributed by atoms with Gasteiger partial charge in [-0.05, 0) is 31.9 Å². The highest BCUT2D eigenvalue weighted by atomic mass is 35.5. The largest absolute Gasteiger partial charge is 0.370 e. The highest BCUT2D eigenvalue weighted by Crippen LogP contribution is 2.19. The van der Waals surface area contributed by atoms with Crippen LogP contribution < -0.4 is 10.6 Å². The Kier molecular flexibility index (Phi) is 5.05. The van der Waals surface area contributed by atoms with Gasteiger partial charge in [0.05, 0.1) is 11.0 Å². The number of anilines is 1. The lowest BCUT2D eigenvalue weighted by Crippen LogP contribution is -2.34. The molecule has 6 nitrogen and oxygen atoms in total. The molecule has 1 unspecified atom stereocenters. The van der Waals surface area contributed by atoms with E-state index < -0.39 is 15.1 Å². The molecule has 0 bridgehead atoms. The number of carbonyl (C=O) groups is 1. The molecule has 1 saturated heterocycles. The second-order valence-corrected chi connectivity index (χ2v) is 7.72. The zero-order valence-electron chi connectivity index (χ0n) is 11.7. The first-order chi connectivity index (χ1) is 9.92. The minimum atomic E-state index is -3.06. The fourth-order valence-electron chi connectivity index (χ4n) is 2.30. The molecule has 1 aliphatic heterocycles. The number of nitrogens with zero attached hydrogens (tertiary/aromatic N) is 1. The van der Waals surface area contributed by atoms with Gasteiger partial charge in [0, 0.05) is 18.7 Å². The summed E-state index contributed by atoms with van der Waals surface area (Å²) in [6.45, 7) is 2.71. The Balaban J connectivity index is 2.03. The van der Waals surface area contributed by atoms with E-state index >= 15 is 0 Å². The zero-order chi connectivity index (χ0) is 15.5. The average Bonchev–Trinajstić information content (AvgIpc) is 2.74. The number of halogens is 1. The van der Waals surface area contributed by atoms with Crippen molar-refractivity contribution in [1.82, 2.24) is 10.3 Å². The van der Waals surface area contributed by atoms with Crippen molar-refractivity contribution in [2.75, 3.05) is 24.2 Å². The Bertz CT molecular complexity index is 634. The molecule has 2 N–H and O–H groups in total. The minimum absolute atomic E-state index is 0.137. The Morgan fingerprint density at radius 3 is 2.86 bits per heavy atom. The topological polar surface area (TPSA) is 88.2 Å². The number of nitrogens with one attached hydrogen (secondary N) is 2. The van der Waals surface area contributed by atoms with Gasteiger partial charge in [0.15, 0.2) is 9.84 Å². The molecule has 1 aromatic heterocycles. The summed E-state index contributed by atoms with van der Waals surface area (Å²) in [4.78, 5) is 16.1. The Morgan fingerprint density at radius 2 is 2.24 bits per heavy atom. The van der Waals surface area contributed by atoms with E-state index in [1.807, 2.05) is 6.92 Å². The highest BCUT2D eigenvalue weighted by molar-refractivity contribution is 7.92. The molecule has 1 fully saturated rings. The number of hydrogen-bond donors (Lipinski definition) is 2. The lowest BCUT2D eigenvalue weighted by atomic mass is 10.2. The molecule has 21 heavy (non-hydrogen) atoms. The predicted octanol–water partition coefficient (Wildman–Crippen LogP) is 1.47. The molecular formula is C13H18ClN3O3S. The predicted molar refractivity (Wildman–Crippen MR) is 82.6 cm³/mol. The summed E-state index contributed by atoms with van der Waals surface area (Å²) in [5.41, 5.74) is 0.362. The third-order valence-corrected chi connectivity index (χ3v) is 5.84. The van der Waals surface area contributed by atoms with Crippen LogP contribution in [0.15, 0.2) is 12.1 Å². The molecule has 8 heteroatoms. The molecule has 1 amide bonds. The molecule has 116 valence electrons. The van der Waals surface area contributed by atoms with E-state index in [2.05, 4.69) is 15.6 Å². The van der Waals surface area contributed by atoms with Crippen LogP contribution in [-0.4, -0.2) is 43.4 Å². The van der Waals surface area contributed by atoms with Crippen LogP contribution in [0.1, 0.15) is 30.1 Å². The Morgan fingerprint density at radius 1 is 1.48 bits per heavy atom. The van der Waals surface area contributed by atoms with E-state index in [4.69, 9.17) is 11.6 Å². The van der Waals surface area contributed by atoms with Gasteiger partial charge in [0.2, 0.25) is 0 Å². The SMILES string of the molecule is CCNc1cc(C(=O)NCC2CCCS2(=O)=O)cc(Cl)n1. The zero-order valence-corrected chi connectivity index (χ0v) is 13.3. The maximum Gasteiger partial charge on any atom is 0.251 e. The van der Waals surface area contributed by atoms with Crippen LogP contribution in [0.25, 0.3) is 0 Å². The van der Waals surface area contributed by atoms with Crippen LogP contribution >= 0.6 is 11.6 Å². The first-order valence-electron chi connectivity index (χ1n) is 6.83. The van der Waals surface area contributed by atoms with Gasteiger partial charge >= 0.3 is 0 Å². The normalized spacial score (nSPS) is 20.2. The Hall–Kier alpha value is -1.34. The molecule has 0 saturated carbocycles. The molecule has 1 atom stereocenters. The third kappa shape index (κ3) is 4.07. The van der Waals surface area contributed by atoms with E-state index in [0.717, 1.165) is 0 Å².